The maximum Gasteiger partial charge on any atom is 0.134 e. The van der Waals surface area contributed by atoms with Crippen molar-refractivity contribution in [2.75, 3.05) is 0 Å². The van der Waals surface area contributed by atoms with Crippen molar-refractivity contribution < 1.29 is 4.42 Å². The van der Waals surface area contributed by atoms with E-state index in [1.807, 2.05) is 12.1 Å². The Kier molecular flexibility index (Phi) is 3.57. The first-order chi connectivity index (χ1) is 12.9. The number of furan rings is 1. The maximum atomic E-state index is 6.25. The maximum absolute atomic E-state index is 6.25. The topological polar surface area (TPSA) is 13.1 Å². The summed E-state index contributed by atoms with van der Waals surface area (Å²) in [5.74, 6) is 1.06. The van der Waals surface area contributed by atoms with Crippen LogP contribution in [0.1, 0.15) is 22.8 Å². The summed E-state index contributed by atoms with van der Waals surface area (Å²) in [6, 6.07) is 36.1. The highest BCUT2D eigenvalue weighted by Gasteiger charge is 2.21. The minimum Gasteiger partial charge on any atom is -0.460 e. The van der Waals surface area contributed by atoms with E-state index >= 15 is 0 Å². The van der Waals surface area contributed by atoms with Crippen LogP contribution in [0.3, 0.4) is 0 Å². The molecule has 0 aliphatic carbocycles. The van der Waals surface area contributed by atoms with Crippen molar-refractivity contribution in [3.63, 3.8) is 0 Å². The third kappa shape index (κ3) is 2.58. The first-order valence-corrected chi connectivity index (χ1v) is 8.91. The summed E-state index contributed by atoms with van der Waals surface area (Å²) in [5.41, 5.74) is 3.42. The van der Waals surface area contributed by atoms with Gasteiger partial charge in [-0.15, -0.1) is 0 Å². The summed E-state index contributed by atoms with van der Waals surface area (Å²) < 4.78 is 6.25. The molecule has 1 heteroatoms. The molecule has 0 aliphatic heterocycles. The Morgan fingerprint density at radius 3 is 2.00 bits per heavy atom. The third-order valence-corrected chi connectivity index (χ3v) is 4.97. The van der Waals surface area contributed by atoms with Gasteiger partial charge in [0.1, 0.15) is 11.3 Å². The third-order valence-electron chi connectivity index (χ3n) is 4.97. The van der Waals surface area contributed by atoms with Gasteiger partial charge in [-0.2, -0.15) is 0 Å². The second-order valence-corrected chi connectivity index (χ2v) is 6.64. The lowest BCUT2D eigenvalue weighted by Gasteiger charge is -2.16. The van der Waals surface area contributed by atoms with Gasteiger partial charge in [0.15, 0.2) is 0 Å². The molecule has 0 radical (unpaired) electrons. The van der Waals surface area contributed by atoms with Gasteiger partial charge in [0, 0.05) is 5.39 Å². The number of hydrogen-bond acceptors (Lipinski definition) is 1. The zero-order chi connectivity index (χ0) is 17.3. The van der Waals surface area contributed by atoms with Crippen molar-refractivity contribution in [1.82, 2.24) is 0 Å². The summed E-state index contributed by atoms with van der Waals surface area (Å²) in [4.78, 5) is 0. The summed E-state index contributed by atoms with van der Waals surface area (Å²) in [7, 11) is 0. The summed E-state index contributed by atoms with van der Waals surface area (Å²) in [5, 5.41) is 3.65. The molecule has 1 nitrogen and oxygen atoms in total. The van der Waals surface area contributed by atoms with E-state index in [4.69, 9.17) is 4.42 Å². The van der Waals surface area contributed by atoms with Crippen LogP contribution in [-0.4, -0.2) is 0 Å². The molecular weight excluding hydrogens is 316 g/mol. The number of benzene rings is 4. The van der Waals surface area contributed by atoms with Crippen LogP contribution in [0.2, 0.25) is 0 Å². The molecule has 0 saturated heterocycles. The van der Waals surface area contributed by atoms with E-state index in [0.717, 1.165) is 16.7 Å². The van der Waals surface area contributed by atoms with E-state index in [1.54, 1.807) is 0 Å². The minimum absolute atomic E-state index is 0.0770. The fourth-order valence-electron chi connectivity index (χ4n) is 3.70. The number of para-hydroxylation sites is 1. The second-order valence-electron chi connectivity index (χ2n) is 6.64. The fourth-order valence-corrected chi connectivity index (χ4v) is 3.70. The normalized spacial score (nSPS) is 12.5. The highest BCUT2D eigenvalue weighted by Crippen LogP contribution is 2.36. The zero-order valence-electron chi connectivity index (χ0n) is 14.3. The molecule has 5 rings (SSSR count). The lowest BCUT2D eigenvalue weighted by molar-refractivity contribution is 0.542. The number of rotatable bonds is 3. The second kappa shape index (κ2) is 6.20. The Balaban J connectivity index is 1.72. The molecule has 26 heavy (non-hydrogen) atoms. The molecule has 0 aliphatic rings. The molecule has 0 amide bonds. The molecule has 0 N–H and O–H groups in total. The van der Waals surface area contributed by atoms with Gasteiger partial charge in [0.2, 0.25) is 0 Å². The van der Waals surface area contributed by atoms with Crippen LogP contribution in [-0.2, 0) is 0 Å². The molecule has 5 aromatic rings. The predicted molar refractivity (Wildman–Crippen MR) is 108 cm³/mol. The first kappa shape index (κ1) is 15.0. The molecule has 1 unspecified atom stereocenters. The Morgan fingerprint density at radius 2 is 1.19 bits per heavy atom. The summed E-state index contributed by atoms with van der Waals surface area (Å²) in [6.07, 6.45) is 0. The standard InChI is InChI=1S/C25H18O/c1-2-9-19(10-3-1)25(24-17-21-12-6-7-13-23(21)26-24)22-15-14-18-8-4-5-11-20(18)16-22/h1-17,25H. The van der Waals surface area contributed by atoms with Gasteiger partial charge in [-0.1, -0.05) is 91.0 Å². The molecule has 1 aromatic heterocycles. The molecule has 0 spiro atoms. The molecule has 0 fully saturated rings. The van der Waals surface area contributed by atoms with E-state index < -0.39 is 0 Å². The molecular formula is C25H18O. The van der Waals surface area contributed by atoms with Gasteiger partial charge in [-0.3, -0.25) is 0 Å². The van der Waals surface area contributed by atoms with Gasteiger partial charge in [-0.05, 0) is 34.0 Å². The minimum atomic E-state index is 0.0770. The number of hydrogen-bond donors (Lipinski definition) is 0. The van der Waals surface area contributed by atoms with E-state index in [0.29, 0.717) is 0 Å². The Labute approximate surface area is 152 Å². The van der Waals surface area contributed by atoms with Crippen molar-refractivity contribution in [3.05, 3.63) is 120 Å². The van der Waals surface area contributed by atoms with Crippen LogP contribution in [0.25, 0.3) is 21.7 Å². The average Bonchev–Trinajstić information content (AvgIpc) is 3.12. The number of fused-ring (bicyclic) bond motifs is 2. The lowest BCUT2D eigenvalue weighted by atomic mass is 9.88. The molecule has 1 atom stereocenters. The van der Waals surface area contributed by atoms with Crippen LogP contribution in [0.15, 0.2) is 108 Å². The van der Waals surface area contributed by atoms with Crippen LogP contribution < -0.4 is 0 Å². The molecule has 0 bridgehead atoms. The van der Waals surface area contributed by atoms with Crippen LogP contribution in [0, 0.1) is 0 Å². The van der Waals surface area contributed by atoms with Crippen molar-refractivity contribution in [2.24, 2.45) is 0 Å². The largest absolute Gasteiger partial charge is 0.460 e. The van der Waals surface area contributed by atoms with E-state index in [1.165, 1.54) is 21.9 Å². The Hall–Kier alpha value is -3.32. The average molecular weight is 334 g/mol. The zero-order valence-corrected chi connectivity index (χ0v) is 14.3. The van der Waals surface area contributed by atoms with Crippen LogP contribution >= 0.6 is 0 Å². The van der Waals surface area contributed by atoms with Crippen LogP contribution in [0.4, 0.5) is 0 Å². The molecule has 1 heterocycles. The Bertz CT molecular complexity index is 1150. The first-order valence-electron chi connectivity index (χ1n) is 8.91. The monoisotopic (exact) mass is 334 g/mol. The molecule has 124 valence electrons. The highest BCUT2D eigenvalue weighted by molar-refractivity contribution is 5.83. The van der Waals surface area contributed by atoms with Gasteiger partial charge >= 0.3 is 0 Å². The van der Waals surface area contributed by atoms with Crippen molar-refractivity contribution >= 4 is 21.7 Å². The van der Waals surface area contributed by atoms with Crippen molar-refractivity contribution in [1.29, 1.82) is 0 Å². The Morgan fingerprint density at radius 1 is 0.500 bits per heavy atom. The van der Waals surface area contributed by atoms with Gasteiger partial charge in [0.05, 0.1) is 5.92 Å². The SMILES string of the molecule is c1ccc(C(c2ccc3ccccc3c2)c2cc3ccccc3o2)cc1. The van der Waals surface area contributed by atoms with Gasteiger partial charge in [-0.25, -0.2) is 0 Å². The van der Waals surface area contributed by atoms with Gasteiger partial charge < -0.3 is 4.42 Å². The highest BCUT2D eigenvalue weighted by atomic mass is 16.3. The predicted octanol–water partition coefficient (Wildman–Crippen LogP) is 6.77. The summed E-state index contributed by atoms with van der Waals surface area (Å²) >= 11 is 0. The van der Waals surface area contributed by atoms with Crippen molar-refractivity contribution in [3.8, 4) is 0 Å². The smallest absolute Gasteiger partial charge is 0.134 e. The fraction of sp³-hybridized carbons (Fsp3) is 0.0400. The summed E-state index contributed by atoms with van der Waals surface area (Å²) in [6.45, 7) is 0. The van der Waals surface area contributed by atoms with E-state index in [2.05, 4.69) is 91.0 Å². The van der Waals surface area contributed by atoms with E-state index in [-0.39, 0.29) is 5.92 Å². The van der Waals surface area contributed by atoms with Gasteiger partial charge in [0.25, 0.3) is 0 Å². The van der Waals surface area contributed by atoms with E-state index in [9.17, 15) is 0 Å². The quantitative estimate of drug-likeness (QED) is 0.355. The lowest BCUT2D eigenvalue weighted by Crippen LogP contribution is -2.02. The van der Waals surface area contributed by atoms with Crippen LogP contribution in [0.5, 0.6) is 0 Å². The molecule has 0 saturated carbocycles. The van der Waals surface area contributed by atoms with Crippen molar-refractivity contribution in [2.45, 2.75) is 5.92 Å². The molecule has 4 aromatic carbocycles.